The van der Waals surface area contributed by atoms with Gasteiger partial charge in [0, 0.05) is 38.1 Å². The Morgan fingerprint density at radius 3 is 2.84 bits per heavy atom. The van der Waals surface area contributed by atoms with Crippen molar-refractivity contribution in [2.45, 2.75) is 51.6 Å². The van der Waals surface area contributed by atoms with Crippen LogP contribution in [0.2, 0.25) is 0 Å². The number of carbonyl (C=O) groups is 1. The number of hydrogen-bond acceptors (Lipinski definition) is 3. The molecular formula is C15H29N3O. The molecule has 0 bridgehead atoms. The van der Waals surface area contributed by atoms with E-state index in [4.69, 9.17) is 0 Å². The largest absolute Gasteiger partial charge is 0.342 e. The maximum Gasteiger partial charge on any atom is 0.223 e. The van der Waals surface area contributed by atoms with Crippen LogP contribution >= 0.6 is 0 Å². The van der Waals surface area contributed by atoms with Gasteiger partial charge in [-0.05, 0) is 38.8 Å². The minimum absolute atomic E-state index is 0.333. The predicted octanol–water partition coefficient (Wildman–Crippen LogP) is 1.32. The zero-order valence-electron chi connectivity index (χ0n) is 12.7. The molecule has 2 aliphatic rings. The molecule has 0 spiro atoms. The monoisotopic (exact) mass is 267 g/mol. The molecule has 2 heterocycles. The number of fused-ring (bicyclic) bond motifs is 1. The lowest BCUT2D eigenvalue weighted by atomic mass is 9.84. The first-order chi connectivity index (χ1) is 9.08. The van der Waals surface area contributed by atoms with Crippen LogP contribution in [0.25, 0.3) is 0 Å². The van der Waals surface area contributed by atoms with Crippen molar-refractivity contribution < 1.29 is 4.79 Å². The highest BCUT2D eigenvalue weighted by Gasteiger charge is 2.35. The molecule has 2 rings (SSSR count). The first kappa shape index (κ1) is 14.8. The van der Waals surface area contributed by atoms with Gasteiger partial charge in [0.25, 0.3) is 0 Å². The molecule has 0 radical (unpaired) electrons. The zero-order valence-corrected chi connectivity index (χ0v) is 12.7. The van der Waals surface area contributed by atoms with Gasteiger partial charge in [-0.1, -0.05) is 13.8 Å². The molecule has 110 valence electrons. The Hall–Kier alpha value is -0.610. The lowest BCUT2D eigenvalue weighted by Gasteiger charge is -2.46. The molecule has 1 amide bonds. The van der Waals surface area contributed by atoms with Crippen molar-refractivity contribution >= 4 is 5.91 Å². The SMILES string of the molecule is CC(C)NCCC(=O)N1CCC2C(CCCN2C)C1. The van der Waals surface area contributed by atoms with E-state index >= 15 is 0 Å². The number of nitrogens with one attached hydrogen (secondary N) is 1. The van der Waals surface area contributed by atoms with Crippen LogP contribution in [0, 0.1) is 5.92 Å². The van der Waals surface area contributed by atoms with Crippen LogP contribution in [0.4, 0.5) is 0 Å². The van der Waals surface area contributed by atoms with E-state index in [9.17, 15) is 4.79 Å². The number of likely N-dealkylation sites (tertiary alicyclic amines) is 2. The lowest BCUT2D eigenvalue weighted by molar-refractivity contribution is -0.134. The summed E-state index contributed by atoms with van der Waals surface area (Å²) in [6.07, 6.45) is 4.38. The fraction of sp³-hybridized carbons (Fsp3) is 0.933. The number of hydrogen-bond donors (Lipinski definition) is 1. The topological polar surface area (TPSA) is 35.6 Å². The number of nitrogens with zero attached hydrogens (tertiary/aromatic N) is 2. The number of rotatable bonds is 4. The van der Waals surface area contributed by atoms with E-state index in [1.165, 1.54) is 19.4 Å². The maximum atomic E-state index is 12.2. The third kappa shape index (κ3) is 3.93. The van der Waals surface area contributed by atoms with Crippen LogP contribution in [0.1, 0.15) is 39.5 Å². The Kier molecular flexibility index (Phi) is 5.22. The molecule has 2 unspecified atom stereocenters. The Bertz CT molecular complexity index is 306. The van der Waals surface area contributed by atoms with Crippen LogP contribution in [0.3, 0.4) is 0 Å². The molecular weight excluding hydrogens is 238 g/mol. The number of amides is 1. The third-order valence-corrected chi connectivity index (χ3v) is 4.59. The van der Waals surface area contributed by atoms with Crippen molar-refractivity contribution in [3.05, 3.63) is 0 Å². The zero-order chi connectivity index (χ0) is 13.8. The van der Waals surface area contributed by atoms with Crippen molar-refractivity contribution in [2.75, 3.05) is 33.2 Å². The summed E-state index contributed by atoms with van der Waals surface area (Å²) in [5.41, 5.74) is 0. The van der Waals surface area contributed by atoms with Crippen LogP contribution in [-0.4, -0.2) is 61.0 Å². The van der Waals surface area contributed by atoms with Crippen LogP contribution < -0.4 is 5.32 Å². The van der Waals surface area contributed by atoms with Gasteiger partial charge in [-0.25, -0.2) is 0 Å². The van der Waals surface area contributed by atoms with E-state index in [0.29, 0.717) is 30.3 Å². The average molecular weight is 267 g/mol. The van der Waals surface area contributed by atoms with E-state index in [0.717, 1.165) is 26.1 Å². The smallest absolute Gasteiger partial charge is 0.223 e. The highest BCUT2D eigenvalue weighted by Crippen LogP contribution is 2.29. The summed E-state index contributed by atoms with van der Waals surface area (Å²) >= 11 is 0. The summed E-state index contributed by atoms with van der Waals surface area (Å²) in [6, 6.07) is 1.18. The summed E-state index contributed by atoms with van der Waals surface area (Å²) in [5.74, 6) is 1.04. The fourth-order valence-corrected chi connectivity index (χ4v) is 3.50. The molecule has 2 saturated heterocycles. The Balaban J connectivity index is 1.78. The van der Waals surface area contributed by atoms with E-state index in [1.54, 1.807) is 0 Å². The molecule has 0 saturated carbocycles. The second kappa shape index (κ2) is 6.71. The number of carbonyl (C=O) groups excluding carboxylic acids is 1. The molecule has 4 nitrogen and oxygen atoms in total. The van der Waals surface area contributed by atoms with Crippen LogP contribution in [0.5, 0.6) is 0 Å². The van der Waals surface area contributed by atoms with Crippen LogP contribution in [0.15, 0.2) is 0 Å². The molecule has 0 aromatic carbocycles. The standard InChI is InChI=1S/C15H29N3O/c1-12(2)16-8-6-15(19)18-10-7-14-13(11-18)5-4-9-17(14)3/h12-14,16H,4-11H2,1-3H3. The minimum atomic E-state index is 0.333. The van der Waals surface area contributed by atoms with Gasteiger partial charge < -0.3 is 15.1 Å². The van der Waals surface area contributed by atoms with Gasteiger partial charge in [-0.2, -0.15) is 0 Å². The normalized spacial score (nSPS) is 28.5. The number of piperidine rings is 2. The molecule has 19 heavy (non-hydrogen) atoms. The second-order valence-corrected chi connectivity index (χ2v) is 6.44. The van der Waals surface area contributed by atoms with Gasteiger partial charge in [0.1, 0.15) is 0 Å². The van der Waals surface area contributed by atoms with Gasteiger partial charge in [0.05, 0.1) is 0 Å². The summed E-state index contributed by atoms with van der Waals surface area (Å²) in [6.45, 7) is 8.21. The highest BCUT2D eigenvalue weighted by atomic mass is 16.2. The molecule has 2 aliphatic heterocycles. The van der Waals surface area contributed by atoms with Crippen molar-refractivity contribution in [2.24, 2.45) is 5.92 Å². The first-order valence-electron chi connectivity index (χ1n) is 7.79. The Labute approximate surface area is 117 Å². The van der Waals surface area contributed by atoms with Gasteiger partial charge in [0.15, 0.2) is 0 Å². The molecule has 0 aliphatic carbocycles. The Morgan fingerprint density at radius 2 is 2.11 bits per heavy atom. The fourth-order valence-electron chi connectivity index (χ4n) is 3.50. The van der Waals surface area contributed by atoms with Crippen molar-refractivity contribution in [3.8, 4) is 0 Å². The van der Waals surface area contributed by atoms with Crippen molar-refractivity contribution in [3.63, 3.8) is 0 Å². The third-order valence-electron chi connectivity index (χ3n) is 4.59. The summed E-state index contributed by atoms with van der Waals surface area (Å²) in [5, 5.41) is 3.32. The van der Waals surface area contributed by atoms with E-state index in [2.05, 4.69) is 36.0 Å². The molecule has 4 heteroatoms. The molecule has 1 N–H and O–H groups in total. The summed E-state index contributed by atoms with van der Waals surface area (Å²) in [4.78, 5) is 16.8. The Morgan fingerprint density at radius 1 is 1.32 bits per heavy atom. The first-order valence-corrected chi connectivity index (χ1v) is 7.79. The van der Waals surface area contributed by atoms with Gasteiger partial charge >= 0.3 is 0 Å². The molecule has 0 aromatic rings. The molecule has 0 aromatic heterocycles. The summed E-state index contributed by atoms with van der Waals surface area (Å²) < 4.78 is 0. The minimum Gasteiger partial charge on any atom is -0.342 e. The van der Waals surface area contributed by atoms with E-state index in [-0.39, 0.29) is 0 Å². The van der Waals surface area contributed by atoms with E-state index in [1.807, 2.05) is 0 Å². The van der Waals surface area contributed by atoms with Gasteiger partial charge in [0.2, 0.25) is 5.91 Å². The predicted molar refractivity (Wildman–Crippen MR) is 78.1 cm³/mol. The molecule has 2 fully saturated rings. The maximum absolute atomic E-state index is 12.2. The van der Waals surface area contributed by atoms with Gasteiger partial charge in [-0.15, -0.1) is 0 Å². The summed E-state index contributed by atoms with van der Waals surface area (Å²) in [7, 11) is 2.24. The lowest BCUT2D eigenvalue weighted by Crippen LogP contribution is -2.54. The highest BCUT2D eigenvalue weighted by molar-refractivity contribution is 5.76. The quantitative estimate of drug-likeness (QED) is 0.834. The second-order valence-electron chi connectivity index (χ2n) is 6.44. The van der Waals surface area contributed by atoms with Crippen molar-refractivity contribution in [1.29, 1.82) is 0 Å². The average Bonchev–Trinajstić information content (AvgIpc) is 2.38. The molecule has 2 atom stereocenters. The van der Waals surface area contributed by atoms with E-state index < -0.39 is 0 Å². The van der Waals surface area contributed by atoms with Crippen LogP contribution in [-0.2, 0) is 4.79 Å². The van der Waals surface area contributed by atoms with Crippen molar-refractivity contribution in [1.82, 2.24) is 15.1 Å². The van der Waals surface area contributed by atoms with Gasteiger partial charge in [-0.3, -0.25) is 4.79 Å².